The quantitative estimate of drug-likeness (QED) is 0.818. The van der Waals surface area contributed by atoms with Gasteiger partial charge in [-0.25, -0.2) is 13.6 Å². The Morgan fingerprint density at radius 3 is 2.19 bits per heavy atom. The van der Waals surface area contributed by atoms with Crippen molar-refractivity contribution in [1.29, 1.82) is 0 Å². The Morgan fingerprint density at radius 1 is 0.963 bits per heavy atom. The lowest BCUT2D eigenvalue weighted by Crippen LogP contribution is -2.38. The number of hydrogen-bond acceptors (Lipinski definition) is 2. The third-order valence-electron chi connectivity index (χ3n) is 4.50. The van der Waals surface area contributed by atoms with Crippen molar-refractivity contribution in [3.8, 4) is 0 Å². The predicted molar refractivity (Wildman–Crippen MR) is 96.6 cm³/mol. The molecule has 2 aromatic carbocycles. The molecule has 142 valence electrons. The molecule has 0 unspecified atom stereocenters. The van der Waals surface area contributed by atoms with Gasteiger partial charge in [0.25, 0.3) is 0 Å². The largest absolute Gasteiger partial charge is 0.338 e. The molecule has 2 N–H and O–H groups in total. The number of rotatable bonds is 6. The Bertz CT molecular complexity index is 794. The standard InChI is InChI=1S/C20H21F2N3O2/c21-17-5-1-14(2-6-17)10-23-20(27)24-11-16-9-19(26)25(13-16)12-15-3-7-18(22)8-4-15/h1-8,16H,9-13H2,(H2,23,24,27)/t16-/m1/s1. The summed E-state index contributed by atoms with van der Waals surface area (Å²) in [6, 6.07) is 11.7. The average molecular weight is 373 g/mol. The minimum Gasteiger partial charge on any atom is -0.338 e. The fourth-order valence-corrected chi connectivity index (χ4v) is 3.04. The van der Waals surface area contributed by atoms with Crippen LogP contribution in [0.1, 0.15) is 17.5 Å². The molecule has 0 aromatic heterocycles. The van der Waals surface area contributed by atoms with Crippen molar-refractivity contribution in [1.82, 2.24) is 15.5 Å². The maximum atomic E-state index is 13.0. The van der Waals surface area contributed by atoms with Crippen molar-refractivity contribution >= 4 is 11.9 Å². The molecule has 1 aliphatic heterocycles. The third-order valence-corrected chi connectivity index (χ3v) is 4.50. The van der Waals surface area contributed by atoms with Gasteiger partial charge < -0.3 is 15.5 Å². The molecule has 0 aliphatic carbocycles. The molecule has 3 amide bonds. The van der Waals surface area contributed by atoms with E-state index in [2.05, 4.69) is 10.6 Å². The Labute approximate surface area is 156 Å². The summed E-state index contributed by atoms with van der Waals surface area (Å²) in [6.45, 7) is 1.67. The number of carbonyl (C=O) groups excluding carboxylic acids is 2. The lowest BCUT2D eigenvalue weighted by molar-refractivity contribution is -0.128. The molecule has 3 rings (SSSR count). The van der Waals surface area contributed by atoms with Gasteiger partial charge in [-0.05, 0) is 35.4 Å². The SMILES string of the molecule is O=C(NCc1ccc(F)cc1)NC[C@H]1CC(=O)N(Cc2ccc(F)cc2)C1. The highest BCUT2D eigenvalue weighted by molar-refractivity contribution is 5.79. The highest BCUT2D eigenvalue weighted by Gasteiger charge is 2.29. The first-order valence-corrected chi connectivity index (χ1v) is 8.78. The lowest BCUT2D eigenvalue weighted by Gasteiger charge is -2.17. The molecular weight excluding hydrogens is 352 g/mol. The van der Waals surface area contributed by atoms with E-state index in [0.717, 1.165) is 11.1 Å². The Kier molecular flexibility index (Phi) is 6.01. The van der Waals surface area contributed by atoms with E-state index in [-0.39, 0.29) is 29.5 Å². The van der Waals surface area contributed by atoms with Crippen molar-refractivity contribution in [2.45, 2.75) is 19.5 Å². The number of benzene rings is 2. The molecule has 27 heavy (non-hydrogen) atoms. The van der Waals surface area contributed by atoms with Crippen molar-refractivity contribution in [2.75, 3.05) is 13.1 Å². The highest BCUT2D eigenvalue weighted by atomic mass is 19.1. The Balaban J connectivity index is 1.40. The van der Waals surface area contributed by atoms with Crippen LogP contribution in [0.3, 0.4) is 0 Å². The first-order valence-electron chi connectivity index (χ1n) is 8.78. The van der Waals surface area contributed by atoms with Crippen molar-refractivity contribution < 1.29 is 18.4 Å². The van der Waals surface area contributed by atoms with Gasteiger partial charge in [0, 0.05) is 38.5 Å². The van der Waals surface area contributed by atoms with Crippen LogP contribution >= 0.6 is 0 Å². The molecule has 0 radical (unpaired) electrons. The Hall–Kier alpha value is -2.96. The van der Waals surface area contributed by atoms with E-state index in [1.807, 2.05) is 0 Å². The fourth-order valence-electron chi connectivity index (χ4n) is 3.04. The zero-order valence-corrected chi connectivity index (χ0v) is 14.8. The number of halogens is 2. The highest BCUT2D eigenvalue weighted by Crippen LogP contribution is 2.19. The van der Waals surface area contributed by atoms with Gasteiger partial charge in [-0.2, -0.15) is 0 Å². The van der Waals surface area contributed by atoms with Gasteiger partial charge in [-0.15, -0.1) is 0 Å². The second kappa shape index (κ2) is 8.62. The lowest BCUT2D eigenvalue weighted by atomic mass is 10.1. The van der Waals surface area contributed by atoms with Gasteiger partial charge in [-0.1, -0.05) is 24.3 Å². The van der Waals surface area contributed by atoms with E-state index in [4.69, 9.17) is 0 Å². The second-order valence-electron chi connectivity index (χ2n) is 6.66. The fraction of sp³-hybridized carbons (Fsp3) is 0.300. The van der Waals surface area contributed by atoms with Crippen LogP contribution in [0.4, 0.5) is 13.6 Å². The summed E-state index contributed by atoms with van der Waals surface area (Å²) in [5.74, 6) is -0.563. The molecule has 7 heteroatoms. The summed E-state index contributed by atoms with van der Waals surface area (Å²) >= 11 is 0. The number of urea groups is 1. The molecule has 1 atom stereocenters. The molecule has 0 spiro atoms. The van der Waals surface area contributed by atoms with E-state index in [1.54, 1.807) is 29.2 Å². The van der Waals surface area contributed by atoms with Crippen molar-refractivity contribution in [2.24, 2.45) is 5.92 Å². The first kappa shape index (κ1) is 18.8. The molecule has 1 heterocycles. The number of likely N-dealkylation sites (tertiary alicyclic amines) is 1. The van der Waals surface area contributed by atoms with Gasteiger partial charge >= 0.3 is 6.03 Å². The van der Waals surface area contributed by atoms with Gasteiger partial charge in [0.15, 0.2) is 0 Å². The van der Waals surface area contributed by atoms with Crippen molar-refractivity contribution in [3.05, 3.63) is 71.3 Å². The average Bonchev–Trinajstić information content (AvgIpc) is 3.01. The maximum Gasteiger partial charge on any atom is 0.315 e. The molecule has 0 bridgehead atoms. The number of nitrogens with one attached hydrogen (secondary N) is 2. The van der Waals surface area contributed by atoms with E-state index in [0.29, 0.717) is 32.6 Å². The Morgan fingerprint density at radius 2 is 1.56 bits per heavy atom. The van der Waals surface area contributed by atoms with E-state index in [1.165, 1.54) is 24.3 Å². The maximum absolute atomic E-state index is 13.0. The summed E-state index contributed by atoms with van der Waals surface area (Å²) in [6.07, 6.45) is 0.374. The van der Waals surface area contributed by atoms with Crippen LogP contribution in [0, 0.1) is 17.6 Å². The van der Waals surface area contributed by atoms with Gasteiger partial charge in [0.05, 0.1) is 0 Å². The third kappa shape index (κ3) is 5.51. The number of amides is 3. The summed E-state index contributed by atoms with van der Waals surface area (Å²) in [7, 11) is 0. The van der Waals surface area contributed by atoms with Crippen LogP contribution in [0.2, 0.25) is 0 Å². The van der Waals surface area contributed by atoms with Crippen LogP contribution in [0.25, 0.3) is 0 Å². The molecule has 2 aromatic rings. The second-order valence-corrected chi connectivity index (χ2v) is 6.66. The topological polar surface area (TPSA) is 61.4 Å². The number of hydrogen-bond donors (Lipinski definition) is 2. The zero-order valence-electron chi connectivity index (χ0n) is 14.8. The van der Waals surface area contributed by atoms with Crippen LogP contribution in [-0.4, -0.2) is 29.9 Å². The summed E-state index contributed by atoms with van der Waals surface area (Å²) < 4.78 is 25.8. The van der Waals surface area contributed by atoms with E-state index >= 15 is 0 Å². The monoisotopic (exact) mass is 373 g/mol. The van der Waals surface area contributed by atoms with Crippen LogP contribution in [0.5, 0.6) is 0 Å². The van der Waals surface area contributed by atoms with Crippen LogP contribution in [0.15, 0.2) is 48.5 Å². The number of nitrogens with zero attached hydrogens (tertiary/aromatic N) is 1. The van der Waals surface area contributed by atoms with E-state index in [9.17, 15) is 18.4 Å². The molecule has 1 fully saturated rings. The minimum absolute atomic E-state index is 0.0258. The summed E-state index contributed by atoms with van der Waals surface area (Å²) in [5, 5.41) is 5.47. The molecule has 1 aliphatic rings. The molecule has 5 nitrogen and oxygen atoms in total. The van der Waals surface area contributed by atoms with Crippen LogP contribution < -0.4 is 10.6 Å². The van der Waals surface area contributed by atoms with Gasteiger partial charge in [-0.3, -0.25) is 4.79 Å². The van der Waals surface area contributed by atoms with Gasteiger partial charge in [0.1, 0.15) is 11.6 Å². The first-order chi connectivity index (χ1) is 13.0. The van der Waals surface area contributed by atoms with E-state index < -0.39 is 0 Å². The summed E-state index contributed by atoms with van der Waals surface area (Å²) in [4.78, 5) is 25.7. The zero-order chi connectivity index (χ0) is 19.2. The summed E-state index contributed by atoms with van der Waals surface area (Å²) in [5.41, 5.74) is 1.67. The predicted octanol–water partition coefficient (Wildman–Crippen LogP) is 2.81. The van der Waals surface area contributed by atoms with Crippen molar-refractivity contribution in [3.63, 3.8) is 0 Å². The normalized spacial score (nSPS) is 16.4. The smallest absolute Gasteiger partial charge is 0.315 e. The molecule has 1 saturated heterocycles. The molecule has 0 saturated carbocycles. The number of carbonyl (C=O) groups is 2. The van der Waals surface area contributed by atoms with Gasteiger partial charge in [0.2, 0.25) is 5.91 Å². The van der Waals surface area contributed by atoms with Crippen LogP contribution in [-0.2, 0) is 17.9 Å². The molecular formula is C20H21F2N3O2. The minimum atomic E-state index is -0.330.